The zero-order chi connectivity index (χ0) is 19.3. The van der Waals surface area contributed by atoms with E-state index in [9.17, 15) is 19.3 Å². The van der Waals surface area contributed by atoms with E-state index in [1.165, 1.54) is 18.2 Å². The molecule has 0 spiro atoms. The first-order valence-corrected chi connectivity index (χ1v) is 8.05. The highest BCUT2D eigenvalue weighted by molar-refractivity contribution is 7.80. The number of nitro groups is 1. The fourth-order valence-electron chi connectivity index (χ4n) is 1.77. The van der Waals surface area contributed by atoms with Gasteiger partial charge in [0.15, 0.2) is 11.7 Å². The van der Waals surface area contributed by atoms with Crippen LogP contribution in [-0.2, 0) is 4.79 Å². The number of anilines is 1. The van der Waals surface area contributed by atoms with E-state index in [1.807, 2.05) is 0 Å². The van der Waals surface area contributed by atoms with Gasteiger partial charge in [0.1, 0.15) is 11.6 Å². The minimum Gasteiger partial charge on any atom is -0.482 e. The Kier molecular flexibility index (Phi) is 6.67. The van der Waals surface area contributed by atoms with Gasteiger partial charge in [0.05, 0.1) is 15.6 Å². The summed E-state index contributed by atoms with van der Waals surface area (Å²) in [5.74, 6) is -1.16. The van der Waals surface area contributed by atoms with Crippen LogP contribution in [-0.4, -0.2) is 22.5 Å². The Labute approximate surface area is 162 Å². The topological polar surface area (TPSA) is 93.5 Å². The fraction of sp³-hybridized carbons (Fsp3) is 0.0667. The molecule has 0 bridgehead atoms. The van der Waals surface area contributed by atoms with Gasteiger partial charge < -0.3 is 10.1 Å². The molecular weight excluding hydrogens is 408 g/mol. The standard InChI is InChI=1S/C15H10Cl2FN3O4S/c16-8-1-4-13(10(17)5-8)25-7-14(22)20-15(26)19-12-6-9(21(23)24)2-3-11(12)18/h1-6H,7H2,(H2,19,20,22,26). The molecule has 0 aliphatic heterocycles. The molecule has 1 amide bonds. The van der Waals surface area contributed by atoms with Crippen LogP contribution >= 0.6 is 35.4 Å². The molecule has 0 saturated carbocycles. The Balaban J connectivity index is 1.92. The Morgan fingerprint density at radius 3 is 2.65 bits per heavy atom. The van der Waals surface area contributed by atoms with E-state index in [2.05, 4.69) is 10.6 Å². The van der Waals surface area contributed by atoms with Crippen LogP contribution in [0.15, 0.2) is 36.4 Å². The molecule has 136 valence electrons. The first-order valence-electron chi connectivity index (χ1n) is 6.89. The van der Waals surface area contributed by atoms with Crippen molar-refractivity contribution in [3.05, 3.63) is 62.4 Å². The lowest BCUT2D eigenvalue weighted by molar-refractivity contribution is -0.384. The molecule has 2 N–H and O–H groups in total. The first kappa shape index (κ1) is 19.8. The molecule has 2 aromatic carbocycles. The van der Waals surface area contributed by atoms with Gasteiger partial charge in [-0.1, -0.05) is 23.2 Å². The second-order valence-electron chi connectivity index (χ2n) is 4.79. The zero-order valence-corrected chi connectivity index (χ0v) is 15.1. The largest absolute Gasteiger partial charge is 0.482 e. The summed E-state index contributed by atoms with van der Waals surface area (Å²) in [5, 5.41) is 15.7. The molecular formula is C15H10Cl2FN3O4S. The van der Waals surface area contributed by atoms with Gasteiger partial charge in [-0.25, -0.2) is 4.39 Å². The van der Waals surface area contributed by atoms with Crippen molar-refractivity contribution in [3.63, 3.8) is 0 Å². The molecule has 0 unspecified atom stereocenters. The maximum absolute atomic E-state index is 13.7. The van der Waals surface area contributed by atoms with Crippen molar-refractivity contribution in [2.45, 2.75) is 0 Å². The van der Waals surface area contributed by atoms with Crippen LogP contribution in [0.4, 0.5) is 15.8 Å². The number of amides is 1. The van der Waals surface area contributed by atoms with Crippen LogP contribution in [0, 0.1) is 15.9 Å². The highest BCUT2D eigenvalue weighted by atomic mass is 35.5. The van der Waals surface area contributed by atoms with Crippen molar-refractivity contribution < 1.29 is 18.8 Å². The highest BCUT2D eigenvalue weighted by Gasteiger charge is 2.13. The second kappa shape index (κ2) is 8.75. The van der Waals surface area contributed by atoms with E-state index in [0.29, 0.717) is 5.02 Å². The molecule has 0 radical (unpaired) electrons. The van der Waals surface area contributed by atoms with Gasteiger partial charge in [0.25, 0.3) is 11.6 Å². The summed E-state index contributed by atoms with van der Waals surface area (Å²) in [4.78, 5) is 21.8. The fourth-order valence-corrected chi connectivity index (χ4v) is 2.46. The number of carbonyl (C=O) groups is 1. The van der Waals surface area contributed by atoms with Crippen molar-refractivity contribution in [2.24, 2.45) is 0 Å². The quantitative estimate of drug-likeness (QED) is 0.434. The number of rotatable bonds is 5. The number of benzene rings is 2. The molecule has 11 heteroatoms. The number of nitrogens with zero attached hydrogens (tertiary/aromatic N) is 1. The van der Waals surface area contributed by atoms with E-state index in [0.717, 1.165) is 18.2 Å². The van der Waals surface area contributed by atoms with Gasteiger partial charge in [-0.15, -0.1) is 0 Å². The minimum atomic E-state index is -0.767. The van der Waals surface area contributed by atoms with Crippen molar-refractivity contribution in [2.75, 3.05) is 11.9 Å². The smallest absolute Gasteiger partial charge is 0.271 e. The first-order chi connectivity index (χ1) is 12.3. The summed E-state index contributed by atoms with van der Waals surface area (Å²) in [6, 6.07) is 7.36. The van der Waals surface area contributed by atoms with Gasteiger partial charge in [-0.05, 0) is 36.5 Å². The van der Waals surface area contributed by atoms with Crippen LogP contribution in [0.2, 0.25) is 10.0 Å². The molecule has 0 heterocycles. The average Bonchev–Trinajstić information content (AvgIpc) is 2.55. The summed E-state index contributed by atoms with van der Waals surface area (Å²) in [6.07, 6.45) is 0. The molecule has 0 aromatic heterocycles. The molecule has 0 saturated heterocycles. The SMILES string of the molecule is O=C(COc1ccc(Cl)cc1Cl)NC(=S)Nc1cc([N+](=O)[O-])ccc1F. The number of hydrogen-bond acceptors (Lipinski definition) is 5. The maximum Gasteiger partial charge on any atom is 0.271 e. The summed E-state index contributed by atoms with van der Waals surface area (Å²) in [5.41, 5.74) is -0.574. The van der Waals surface area contributed by atoms with Crippen molar-refractivity contribution in [1.29, 1.82) is 0 Å². The summed E-state index contributed by atoms with van der Waals surface area (Å²) >= 11 is 16.5. The van der Waals surface area contributed by atoms with Gasteiger partial charge in [-0.2, -0.15) is 0 Å². The zero-order valence-electron chi connectivity index (χ0n) is 12.8. The van der Waals surface area contributed by atoms with E-state index >= 15 is 0 Å². The number of halogens is 3. The molecule has 2 rings (SSSR count). The summed E-state index contributed by atoms with van der Waals surface area (Å²) in [6.45, 7) is -0.416. The van der Waals surface area contributed by atoms with Gasteiger partial charge in [-0.3, -0.25) is 20.2 Å². The number of nitro benzene ring substituents is 1. The number of hydrogen-bond donors (Lipinski definition) is 2. The number of ether oxygens (including phenoxy) is 1. The molecule has 2 aromatic rings. The van der Waals surface area contributed by atoms with Gasteiger partial charge in [0, 0.05) is 17.2 Å². The third-order valence-corrected chi connectivity index (χ3v) is 3.65. The molecule has 0 aliphatic carbocycles. The van der Waals surface area contributed by atoms with Crippen LogP contribution in [0.3, 0.4) is 0 Å². The van der Waals surface area contributed by atoms with Crippen molar-refractivity contribution in [3.8, 4) is 5.75 Å². The minimum absolute atomic E-state index is 0.227. The molecule has 7 nitrogen and oxygen atoms in total. The van der Waals surface area contributed by atoms with Gasteiger partial charge >= 0.3 is 0 Å². The lowest BCUT2D eigenvalue weighted by Gasteiger charge is -2.11. The predicted octanol–water partition coefficient (Wildman–Crippen LogP) is 3.93. The van der Waals surface area contributed by atoms with E-state index < -0.39 is 23.3 Å². The molecule has 0 aliphatic rings. The monoisotopic (exact) mass is 417 g/mol. The van der Waals surface area contributed by atoms with E-state index in [4.69, 9.17) is 40.2 Å². The lowest BCUT2D eigenvalue weighted by atomic mass is 10.2. The summed E-state index contributed by atoms with van der Waals surface area (Å²) in [7, 11) is 0. The molecule has 26 heavy (non-hydrogen) atoms. The lowest BCUT2D eigenvalue weighted by Crippen LogP contribution is -2.37. The number of nitrogens with one attached hydrogen (secondary N) is 2. The highest BCUT2D eigenvalue weighted by Crippen LogP contribution is 2.27. The van der Waals surface area contributed by atoms with Crippen LogP contribution in [0.5, 0.6) is 5.75 Å². The van der Waals surface area contributed by atoms with Gasteiger partial charge in [0.2, 0.25) is 0 Å². The Morgan fingerprint density at radius 1 is 1.27 bits per heavy atom. The maximum atomic E-state index is 13.7. The third-order valence-electron chi connectivity index (χ3n) is 2.91. The van der Waals surface area contributed by atoms with Crippen LogP contribution in [0.25, 0.3) is 0 Å². The Hall–Kier alpha value is -2.49. The predicted molar refractivity (Wildman–Crippen MR) is 99.4 cm³/mol. The Morgan fingerprint density at radius 2 is 2.00 bits per heavy atom. The van der Waals surface area contributed by atoms with Crippen molar-refractivity contribution >= 4 is 57.8 Å². The Bertz CT molecular complexity index is 882. The summed E-state index contributed by atoms with van der Waals surface area (Å²) < 4.78 is 18.9. The van der Waals surface area contributed by atoms with Crippen molar-refractivity contribution in [1.82, 2.24) is 5.32 Å². The van der Waals surface area contributed by atoms with Crippen LogP contribution < -0.4 is 15.4 Å². The third kappa shape index (κ3) is 5.51. The normalized spacial score (nSPS) is 10.1. The van der Waals surface area contributed by atoms with E-state index in [-0.39, 0.29) is 27.3 Å². The van der Waals surface area contributed by atoms with Crippen LogP contribution in [0.1, 0.15) is 0 Å². The average molecular weight is 418 g/mol. The molecule has 0 atom stereocenters. The second-order valence-corrected chi connectivity index (χ2v) is 6.04. The molecule has 0 fully saturated rings. The number of carbonyl (C=O) groups excluding carboxylic acids is 1. The number of thiocarbonyl (C=S) groups is 1. The van der Waals surface area contributed by atoms with E-state index in [1.54, 1.807) is 0 Å². The number of non-ortho nitro benzene ring substituents is 1.